The summed E-state index contributed by atoms with van der Waals surface area (Å²) in [6, 6.07) is -1.01. The lowest BCUT2D eigenvalue weighted by Crippen LogP contribution is -2.45. The van der Waals surface area contributed by atoms with Gasteiger partial charge in [0.25, 0.3) is 0 Å². The minimum absolute atomic E-state index is 0.0298. The van der Waals surface area contributed by atoms with E-state index in [0.29, 0.717) is 5.56 Å². The summed E-state index contributed by atoms with van der Waals surface area (Å²) in [5.74, 6) is -0.669. The molecule has 0 radical (unpaired) electrons. The van der Waals surface area contributed by atoms with Gasteiger partial charge in [0, 0.05) is 23.7 Å². The standard InChI is InChI=1S/C13H21N3O4/c1-13(2,3)20-12(18)15-10(11(17)19-5)6-9-7-14-16(4)8-9/h7-8,10H,6H2,1-5H3,(H,15,18)/t10-/m1/s1/i4D3. The number of ether oxygens (including phenoxy) is 2. The quantitative estimate of drug-likeness (QED) is 0.836. The molecule has 1 atom stereocenters. The molecule has 1 heterocycles. The maximum absolute atomic E-state index is 11.8. The Labute approximate surface area is 122 Å². The third-order valence-corrected chi connectivity index (χ3v) is 2.25. The molecule has 0 fully saturated rings. The number of carbonyl (C=O) groups excluding carboxylic acids is 2. The van der Waals surface area contributed by atoms with E-state index in [9.17, 15) is 9.59 Å². The zero-order chi connectivity index (χ0) is 17.8. The van der Waals surface area contributed by atoms with Gasteiger partial charge in [0.15, 0.2) is 0 Å². The van der Waals surface area contributed by atoms with Crippen LogP contribution >= 0.6 is 0 Å². The highest BCUT2D eigenvalue weighted by atomic mass is 16.6. The Morgan fingerprint density at radius 1 is 1.55 bits per heavy atom. The summed E-state index contributed by atoms with van der Waals surface area (Å²) in [4.78, 5) is 23.6. The fourth-order valence-electron chi connectivity index (χ4n) is 1.49. The van der Waals surface area contributed by atoms with Crippen LogP contribution in [0.4, 0.5) is 4.79 Å². The van der Waals surface area contributed by atoms with E-state index in [-0.39, 0.29) is 6.42 Å². The van der Waals surface area contributed by atoms with Crippen molar-refractivity contribution >= 4 is 12.1 Å². The number of aromatic nitrogens is 2. The number of esters is 1. The Morgan fingerprint density at radius 2 is 2.25 bits per heavy atom. The van der Waals surface area contributed by atoms with Crippen molar-refractivity contribution in [2.24, 2.45) is 6.98 Å². The minimum Gasteiger partial charge on any atom is -0.467 e. The summed E-state index contributed by atoms with van der Waals surface area (Å²) >= 11 is 0. The first-order valence-corrected chi connectivity index (χ1v) is 6.04. The van der Waals surface area contributed by atoms with Crippen molar-refractivity contribution in [3.8, 4) is 0 Å². The number of alkyl carbamates (subject to hydrolysis) is 1. The van der Waals surface area contributed by atoms with E-state index in [4.69, 9.17) is 8.85 Å². The van der Waals surface area contributed by atoms with E-state index in [2.05, 4.69) is 15.2 Å². The number of rotatable bonds is 4. The molecule has 0 unspecified atom stereocenters. The normalized spacial score (nSPS) is 15.5. The van der Waals surface area contributed by atoms with Crippen LogP contribution in [0.2, 0.25) is 0 Å². The number of hydrogen-bond donors (Lipinski definition) is 1. The fourth-order valence-corrected chi connectivity index (χ4v) is 1.49. The molecule has 0 aliphatic rings. The molecule has 0 aromatic carbocycles. The van der Waals surface area contributed by atoms with Gasteiger partial charge in [-0.15, -0.1) is 0 Å². The number of methoxy groups -OCH3 is 1. The van der Waals surface area contributed by atoms with E-state index >= 15 is 0 Å². The number of hydrogen-bond acceptors (Lipinski definition) is 5. The summed E-state index contributed by atoms with van der Waals surface area (Å²) in [5.41, 5.74) is -0.246. The SMILES string of the molecule is [2H]C([2H])([2H])n1cc(C[C@@H](NC(=O)OC(C)(C)C)C(=O)OC)cn1. The monoisotopic (exact) mass is 286 g/mol. The molecule has 7 nitrogen and oxygen atoms in total. The van der Waals surface area contributed by atoms with Crippen LogP contribution in [0, 0.1) is 0 Å². The van der Waals surface area contributed by atoms with Gasteiger partial charge in [0.05, 0.1) is 13.3 Å². The van der Waals surface area contributed by atoms with Crippen LogP contribution in [-0.2, 0) is 27.7 Å². The maximum atomic E-state index is 11.8. The predicted octanol–water partition coefficient (Wildman–Crippen LogP) is 1.03. The Hall–Kier alpha value is -2.05. The Morgan fingerprint density at radius 3 is 2.75 bits per heavy atom. The van der Waals surface area contributed by atoms with Gasteiger partial charge in [0.1, 0.15) is 11.6 Å². The molecule has 112 valence electrons. The van der Waals surface area contributed by atoms with Crippen molar-refractivity contribution in [1.82, 2.24) is 15.1 Å². The Balaban J connectivity index is 2.81. The van der Waals surface area contributed by atoms with Gasteiger partial charge in [-0.2, -0.15) is 5.10 Å². The summed E-state index contributed by atoms with van der Waals surface area (Å²) in [5, 5.41) is 6.13. The molecule has 0 saturated carbocycles. The largest absolute Gasteiger partial charge is 0.467 e. The van der Waals surface area contributed by atoms with E-state index < -0.39 is 30.7 Å². The number of nitrogens with one attached hydrogen (secondary N) is 1. The molecule has 1 rings (SSSR count). The highest BCUT2D eigenvalue weighted by Crippen LogP contribution is 2.08. The van der Waals surface area contributed by atoms with Crippen LogP contribution < -0.4 is 5.32 Å². The molecule has 1 amide bonds. The lowest BCUT2D eigenvalue weighted by molar-refractivity contribution is -0.143. The first kappa shape index (κ1) is 11.7. The molecule has 0 saturated heterocycles. The molecule has 20 heavy (non-hydrogen) atoms. The molecule has 1 N–H and O–H groups in total. The third-order valence-electron chi connectivity index (χ3n) is 2.25. The number of nitrogens with zero attached hydrogens (tertiary/aromatic N) is 2. The molecule has 0 aliphatic heterocycles. The first-order chi connectivity index (χ1) is 10.4. The second kappa shape index (κ2) is 6.40. The predicted molar refractivity (Wildman–Crippen MR) is 72.1 cm³/mol. The maximum Gasteiger partial charge on any atom is 0.408 e. The van der Waals surface area contributed by atoms with Crippen molar-refractivity contribution in [3.05, 3.63) is 18.0 Å². The topological polar surface area (TPSA) is 82.5 Å². The smallest absolute Gasteiger partial charge is 0.408 e. The number of amides is 1. The summed E-state index contributed by atoms with van der Waals surface area (Å²) < 4.78 is 32.3. The van der Waals surface area contributed by atoms with Gasteiger partial charge in [-0.3, -0.25) is 4.68 Å². The van der Waals surface area contributed by atoms with E-state index in [1.807, 2.05) is 0 Å². The summed E-state index contributed by atoms with van der Waals surface area (Å²) in [6.07, 6.45) is 1.87. The zero-order valence-electron chi connectivity index (χ0n) is 15.0. The Bertz CT molecular complexity index is 564. The molecule has 7 heteroatoms. The van der Waals surface area contributed by atoms with E-state index in [1.165, 1.54) is 19.5 Å². The van der Waals surface area contributed by atoms with Crippen molar-refractivity contribution in [1.29, 1.82) is 0 Å². The zero-order valence-corrected chi connectivity index (χ0v) is 12.0. The lowest BCUT2D eigenvalue weighted by atomic mass is 10.1. The average molecular weight is 286 g/mol. The first-order valence-electron chi connectivity index (χ1n) is 7.54. The number of aryl methyl sites for hydroxylation is 1. The van der Waals surface area contributed by atoms with Gasteiger partial charge >= 0.3 is 12.1 Å². The lowest BCUT2D eigenvalue weighted by Gasteiger charge is -2.22. The van der Waals surface area contributed by atoms with Crippen molar-refractivity contribution in [3.63, 3.8) is 0 Å². The van der Waals surface area contributed by atoms with Gasteiger partial charge in [-0.25, -0.2) is 9.59 Å². The van der Waals surface area contributed by atoms with Gasteiger partial charge in [-0.05, 0) is 26.3 Å². The average Bonchev–Trinajstić information content (AvgIpc) is 2.83. The summed E-state index contributed by atoms with van der Waals surface area (Å²) in [6.45, 7) is 2.68. The van der Waals surface area contributed by atoms with Gasteiger partial charge in [0.2, 0.25) is 0 Å². The summed E-state index contributed by atoms with van der Waals surface area (Å²) in [7, 11) is 1.19. The molecule has 0 aliphatic carbocycles. The second-order valence-corrected chi connectivity index (χ2v) is 5.22. The van der Waals surface area contributed by atoms with Gasteiger partial charge < -0.3 is 14.8 Å². The minimum atomic E-state index is -2.41. The fraction of sp³-hybridized carbons (Fsp3) is 0.615. The van der Waals surface area contributed by atoms with Crippen LogP contribution in [0.15, 0.2) is 12.4 Å². The van der Waals surface area contributed by atoms with Gasteiger partial charge in [-0.1, -0.05) is 0 Å². The molecular weight excluding hydrogens is 262 g/mol. The van der Waals surface area contributed by atoms with Crippen LogP contribution in [-0.4, -0.2) is 40.6 Å². The highest BCUT2D eigenvalue weighted by molar-refractivity contribution is 5.81. The molecule has 0 bridgehead atoms. The molecule has 1 aromatic heterocycles. The van der Waals surface area contributed by atoms with Crippen LogP contribution in [0.5, 0.6) is 0 Å². The van der Waals surface area contributed by atoms with Crippen molar-refractivity contribution in [2.75, 3.05) is 7.11 Å². The number of carbonyl (C=O) groups is 2. The van der Waals surface area contributed by atoms with E-state index in [1.54, 1.807) is 20.8 Å². The highest BCUT2D eigenvalue weighted by Gasteiger charge is 2.25. The van der Waals surface area contributed by atoms with E-state index in [0.717, 1.165) is 4.68 Å². The second-order valence-electron chi connectivity index (χ2n) is 5.22. The van der Waals surface area contributed by atoms with Crippen molar-refractivity contribution in [2.45, 2.75) is 38.8 Å². The molecular formula is C13H21N3O4. The Kier molecular flexibility index (Phi) is 3.76. The van der Waals surface area contributed by atoms with Crippen LogP contribution in [0.1, 0.15) is 30.4 Å². The van der Waals surface area contributed by atoms with Crippen LogP contribution in [0.3, 0.4) is 0 Å². The third kappa shape index (κ3) is 5.29. The molecule has 0 spiro atoms. The molecule has 1 aromatic rings. The van der Waals surface area contributed by atoms with Crippen molar-refractivity contribution < 1.29 is 23.2 Å². The van der Waals surface area contributed by atoms with Crippen LogP contribution in [0.25, 0.3) is 0 Å².